The second kappa shape index (κ2) is 8.59. The van der Waals surface area contributed by atoms with Gasteiger partial charge in [-0.25, -0.2) is 9.18 Å². The number of ether oxygens (including phenoxy) is 1. The van der Waals surface area contributed by atoms with E-state index in [4.69, 9.17) is 4.74 Å². The number of rotatable bonds is 4. The zero-order chi connectivity index (χ0) is 25.7. The Bertz CT molecular complexity index is 1410. The zero-order valence-corrected chi connectivity index (χ0v) is 20.8. The van der Waals surface area contributed by atoms with Crippen LogP contribution in [0.3, 0.4) is 0 Å². The first-order valence-electron chi connectivity index (χ1n) is 12.0. The van der Waals surface area contributed by atoms with Crippen LogP contribution in [0, 0.1) is 12.7 Å². The number of nitrogens with one attached hydrogen (secondary N) is 1. The molecule has 1 N–H and O–H groups in total. The van der Waals surface area contributed by atoms with Gasteiger partial charge in [0.2, 0.25) is 0 Å². The van der Waals surface area contributed by atoms with Gasteiger partial charge < -0.3 is 10.1 Å². The fourth-order valence-electron chi connectivity index (χ4n) is 5.08. The van der Waals surface area contributed by atoms with Gasteiger partial charge in [-0.1, -0.05) is 66.2 Å². The molecule has 4 nitrogen and oxygen atoms in total. The van der Waals surface area contributed by atoms with E-state index in [2.05, 4.69) is 5.32 Å². The van der Waals surface area contributed by atoms with Crippen LogP contribution in [0.1, 0.15) is 59.3 Å². The number of ketones is 1. The number of benzene rings is 3. The number of aryl methyl sites for hydroxylation is 1. The molecule has 2 unspecified atom stereocenters. The summed E-state index contributed by atoms with van der Waals surface area (Å²) in [6.45, 7) is 7.37. The van der Waals surface area contributed by atoms with Gasteiger partial charge >= 0.3 is 5.97 Å². The minimum Gasteiger partial charge on any atom is -0.458 e. The molecule has 0 spiro atoms. The van der Waals surface area contributed by atoms with Crippen LogP contribution in [-0.4, -0.2) is 22.9 Å². The third-order valence-corrected chi connectivity index (χ3v) is 6.65. The van der Waals surface area contributed by atoms with Crippen molar-refractivity contribution in [3.63, 3.8) is 0 Å². The monoisotopic (exact) mass is 481 g/mol. The van der Waals surface area contributed by atoms with E-state index in [9.17, 15) is 14.0 Å². The van der Waals surface area contributed by atoms with Gasteiger partial charge in [0, 0.05) is 17.3 Å². The maximum atomic E-state index is 14.6. The summed E-state index contributed by atoms with van der Waals surface area (Å²) < 4.78 is 20.5. The summed E-state index contributed by atoms with van der Waals surface area (Å²) in [5.74, 6) is -1.90. The molecule has 3 aromatic carbocycles. The molecule has 0 radical (unpaired) electrons. The van der Waals surface area contributed by atoms with Crippen molar-refractivity contribution >= 4 is 23.4 Å². The van der Waals surface area contributed by atoms with Crippen LogP contribution < -0.4 is 5.32 Å². The molecule has 0 fully saturated rings. The summed E-state index contributed by atoms with van der Waals surface area (Å²) in [6.07, 6.45) is 3.52. The number of carbonyl (C=O) groups is 2. The first-order chi connectivity index (χ1) is 17.1. The summed E-state index contributed by atoms with van der Waals surface area (Å²) in [4.78, 5) is 27.7. The Labute approximate surface area is 210 Å². The highest BCUT2D eigenvalue weighted by molar-refractivity contribution is 6.16. The predicted molar refractivity (Wildman–Crippen MR) is 139 cm³/mol. The van der Waals surface area contributed by atoms with Crippen LogP contribution in [-0.2, 0) is 9.53 Å². The van der Waals surface area contributed by atoms with E-state index < -0.39 is 28.8 Å². The van der Waals surface area contributed by atoms with Crippen molar-refractivity contribution in [1.82, 2.24) is 5.32 Å². The molecule has 5 rings (SSSR count). The number of esters is 1. The smallest absolute Gasteiger partial charge is 0.338 e. The minimum absolute atomic E-state index is 0.214. The third-order valence-electron chi connectivity index (χ3n) is 6.65. The van der Waals surface area contributed by atoms with Crippen LogP contribution in [0.25, 0.3) is 11.6 Å². The average Bonchev–Trinajstić information content (AvgIpc) is 3.34. The number of halogens is 1. The molecule has 5 heteroatoms. The lowest BCUT2D eigenvalue weighted by Gasteiger charge is -2.34. The Morgan fingerprint density at radius 3 is 2.36 bits per heavy atom. The molecule has 0 bridgehead atoms. The lowest BCUT2D eigenvalue weighted by molar-refractivity contribution is -0.160. The van der Waals surface area contributed by atoms with Crippen molar-refractivity contribution in [3.05, 3.63) is 118 Å². The van der Waals surface area contributed by atoms with Crippen molar-refractivity contribution in [2.24, 2.45) is 0 Å². The predicted octanol–water partition coefficient (Wildman–Crippen LogP) is 6.22. The summed E-state index contributed by atoms with van der Waals surface area (Å²) in [5, 5.41) is 3.26. The quantitative estimate of drug-likeness (QED) is 0.355. The maximum absolute atomic E-state index is 14.6. The fraction of sp³-hybridized carbons (Fsp3) is 0.226. The molecular formula is C31H28FNO3. The highest BCUT2D eigenvalue weighted by Gasteiger charge is 2.61. The number of fused-ring (bicyclic) bond motifs is 3. The van der Waals surface area contributed by atoms with Crippen LogP contribution in [0.2, 0.25) is 0 Å². The van der Waals surface area contributed by atoms with Crippen molar-refractivity contribution in [2.75, 3.05) is 0 Å². The highest BCUT2D eigenvalue weighted by atomic mass is 19.1. The first-order valence-corrected chi connectivity index (χ1v) is 12.0. The van der Waals surface area contributed by atoms with Gasteiger partial charge in [-0.15, -0.1) is 0 Å². The number of hydrogen-bond acceptors (Lipinski definition) is 4. The van der Waals surface area contributed by atoms with Gasteiger partial charge in [-0.3, -0.25) is 4.79 Å². The molecule has 0 aromatic heterocycles. The normalized spacial score (nSPS) is 21.4. The maximum Gasteiger partial charge on any atom is 0.338 e. The van der Waals surface area contributed by atoms with Gasteiger partial charge in [0.15, 0.2) is 11.3 Å². The first kappa shape index (κ1) is 23.7. The van der Waals surface area contributed by atoms with Gasteiger partial charge in [0.25, 0.3) is 0 Å². The van der Waals surface area contributed by atoms with E-state index in [-0.39, 0.29) is 5.78 Å². The molecule has 1 aliphatic heterocycles. The Morgan fingerprint density at radius 2 is 1.69 bits per heavy atom. The topological polar surface area (TPSA) is 55.4 Å². The number of Topliss-reactive ketones (excluding diaryl/α,β-unsaturated/α-hetero) is 1. The molecular weight excluding hydrogens is 453 g/mol. The molecule has 0 amide bonds. The van der Waals surface area contributed by atoms with Crippen LogP contribution >= 0.6 is 0 Å². The van der Waals surface area contributed by atoms with E-state index in [0.717, 1.165) is 11.1 Å². The van der Waals surface area contributed by atoms with E-state index in [1.165, 1.54) is 12.1 Å². The summed E-state index contributed by atoms with van der Waals surface area (Å²) >= 11 is 0. The van der Waals surface area contributed by atoms with Gasteiger partial charge in [0.1, 0.15) is 11.4 Å². The minimum atomic E-state index is -1.41. The van der Waals surface area contributed by atoms with Crippen molar-refractivity contribution in [1.29, 1.82) is 0 Å². The molecule has 0 saturated heterocycles. The van der Waals surface area contributed by atoms with E-state index in [1.807, 2.05) is 55.5 Å². The number of carbonyl (C=O) groups excluding carboxylic acids is 2. The molecule has 1 aliphatic carbocycles. The lowest BCUT2D eigenvalue weighted by atomic mass is 9.78. The Hall–Kier alpha value is -3.99. The summed E-state index contributed by atoms with van der Waals surface area (Å²) in [7, 11) is 0. The standard InChI is InChI=1S/C31H28FNO3/c1-19-10-12-21(13-11-19)28(34)25-18-33-31(29(35)36-30(2,3)4)26(16-20-8-6-5-7-9-20)23-15-14-22(32)17-24(23)27(25)31/h5-18,27,33H,1-4H3/b26-16+. The molecule has 2 aliphatic rings. The average molecular weight is 482 g/mol. The Balaban J connectivity index is 1.72. The fourth-order valence-corrected chi connectivity index (χ4v) is 5.08. The van der Waals surface area contributed by atoms with Crippen molar-refractivity contribution < 1.29 is 18.7 Å². The second-order valence-corrected chi connectivity index (χ2v) is 10.4. The molecule has 2 atom stereocenters. The Morgan fingerprint density at radius 1 is 1.00 bits per heavy atom. The van der Waals surface area contributed by atoms with Gasteiger partial charge in [-0.2, -0.15) is 0 Å². The zero-order valence-electron chi connectivity index (χ0n) is 20.8. The number of hydrogen-bond donors (Lipinski definition) is 1. The van der Waals surface area contributed by atoms with Gasteiger partial charge in [0.05, 0.1) is 5.92 Å². The summed E-state index contributed by atoms with van der Waals surface area (Å²) in [6, 6.07) is 21.4. The van der Waals surface area contributed by atoms with Crippen LogP contribution in [0.5, 0.6) is 0 Å². The Kier molecular flexibility index (Phi) is 5.67. The summed E-state index contributed by atoms with van der Waals surface area (Å²) in [5.41, 5.74) is 2.59. The van der Waals surface area contributed by atoms with Crippen molar-refractivity contribution in [2.45, 2.75) is 44.8 Å². The van der Waals surface area contributed by atoms with E-state index >= 15 is 0 Å². The molecule has 0 saturated carbocycles. The van der Waals surface area contributed by atoms with Crippen molar-refractivity contribution in [3.8, 4) is 0 Å². The molecule has 3 aromatic rings. The third kappa shape index (κ3) is 3.95. The lowest BCUT2D eigenvalue weighted by Crippen LogP contribution is -2.52. The van der Waals surface area contributed by atoms with Crippen LogP contribution in [0.4, 0.5) is 4.39 Å². The SMILES string of the molecule is Cc1ccc(C(=O)C2=CNC3(C(=O)OC(C)(C)C)/C(=C/c4ccccc4)c4ccc(F)cc4C23)cc1. The van der Waals surface area contributed by atoms with E-state index in [1.54, 1.807) is 45.2 Å². The second-order valence-electron chi connectivity index (χ2n) is 10.4. The molecule has 1 heterocycles. The van der Waals surface area contributed by atoms with E-state index in [0.29, 0.717) is 27.8 Å². The molecule has 36 heavy (non-hydrogen) atoms. The largest absolute Gasteiger partial charge is 0.458 e. The van der Waals surface area contributed by atoms with Gasteiger partial charge in [-0.05, 0) is 68.2 Å². The van der Waals surface area contributed by atoms with Crippen LogP contribution in [0.15, 0.2) is 84.6 Å². The highest BCUT2D eigenvalue weighted by Crippen LogP contribution is 2.56. The molecule has 182 valence electrons.